The molecule has 1 heterocycles. The van der Waals surface area contributed by atoms with Crippen LogP contribution in [0.3, 0.4) is 0 Å². The maximum absolute atomic E-state index is 12.4. The predicted molar refractivity (Wildman–Crippen MR) is 112 cm³/mol. The SMILES string of the molecule is COc1ccc(NC(=O)Nc2n[nH]c3cc(Cl)c(-c4ccccc4)cc23)cc1. The normalized spacial score (nSPS) is 10.6. The summed E-state index contributed by atoms with van der Waals surface area (Å²) in [6, 6.07) is 20.2. The van der Waals surface area contributed by atoms with Crippen LogP contribution in [0.4, 0.5) is 16.3 Å². The minimum atomic E-state index is -0.394. The van der Waals surface area contributed by atoms with Gasteiger partial charge in [0.2, 0.25) is 0 Å². The van der Waals surface area contributed by atoms with E-state index in [1.54, 1.807) is 37.4 Å². The number of urea groups is 1. The molecule has 7 heteroatoms. The van der Waals surface area contributed by atoms with Crippen molar-refractivity contribution in [3.8, 4) is 16.9 Å². The number of carbonyl (C=O) groups excluding carboxylic acids is 1. The van der Waals surface area contributed by atoms with Gasteiger partial charge in [0.05, 0.1) is 17.6 Å². The number of nitrogens with zero attached hydrogens (tertiary/aromatic N) is 1. The Bertz CT molecular complexity index is 1120. The molecule has 0 saturated heterocycles. The number of benzene rings is 3. The molecule has 0 atom stereocenters. The maximum atomic E-state index is 12.4. The molecule has 4 rings (SSSR count). The van der Waals surface area contributed by atoms with Crippen LogP contribution in [0.2, 0.25) is 5.02 Å². The Morgan fingerprint density at radius 3 is 2.50 bits per heavy atom. The summed E-state index contributed by atoms with van der Waals surface area (Å²) in [6.07, 6.45) is 0. The predicted octanol–water partition coefficient (Wildman–Crippen LogP) is 5.54. The monoisotopic (exact) mass is 392 g/mol. The van der Waals surface area contributed by atoms with Crippen LogP contribution in [-0.4, -0.2) is 23.3 Å². The number of halogens is 1. The molecule has 0 saturated carbocycles. The van der Waals surface area contributed by atoms with Crippen molar-refractivity contribution in [2.75, 3.05) is 17.7 Å². The maximum Gasteiger partial charge on any atom is 0.324 e. The van der Waals surface area contributed by atoms with Crippen molar-refractivity contribution in [1.82, 2.24) is 10.2 Å². The fraction of sp³-hybridized carbons (Fsp3) is 0.0476. The van der Waals surface area contributed by atoms with Crippen LogP contribution >= 0.6 is 11.6 Å². The van der Waals surface area contributed by atoms with E-state index in [1.165, 1.54) is 0 Å². The van der Waals surface area contributed by atoms with E-state index in [9.17, 15) is 4.79 Å². The van der Waals surface area contributed by atoms with Gasteiger partial charge in [0.1, 0.15) is 5.75 Å². The summed E-state index contributed by atoms with van der Waals surface area (Å²) in [5.74, 6) is 1.14. The number of hydrogen-bond acceptors (Lipinski definition) is 3. The van der Waals surface area contributed by atoms with Crippen LogP contribution in [0.25, 0.3) is 22.0 Å². The summed E-state index contributed by atoms with van der Waals surface area (Å²) >= 11 is 6.43. The van der Waals surface area contributed by atoms with E-state index < -0.39 is 6.03 Å². The fourth-order valence-corrected chi connectivity index (χ4v) is 3.19. The summed E-state index contributed by atoms with van der Waals surface area (Å²) in [5.41, 5.74) is 3.25. The van der Waals surface area contributed by atoms with Crippen molar-refractivity contribution in [3.05, 3.63) is 71.8 Å². The molecule has 6 nitrogen and oxygen atoms in total. The van der Waals surface area contributed by atoms with E-state index in [0.717, 1.165) is 27.8 Å². The molecule has 3 aromatic carbocycles. The molecule has 1 aromatic heterocycles. The molecule has 28 heavy (non-hydrogen) atoms. The Morgan fingerprint density at radius 2 is 1.79 bits per heavy atom. The van der Waals surface area contributed by atoms with E-state index in [0.29, 0.717) is 16.5 Å². The van der Waals surface area contributed by atoms with Gasteiger partial charge in [-0.1, -0.05) is 41.9 Å². The fourth-order valence-electron chi connectivity index (χ4n) is 2.92. The number of rotatable bonds is 4. The molecule has 0 aliphatic heterocycles. The zero-order chi connectivity index (χ0) is 19.5. The number of carbonyl (C=O) groups is 1. The molecule has 3 N–H and O–H groups in total. The molecule has 0 spiro atoms. The van der Waals surface area contributed by atoms with Gasteiger partial charge >= 0.3 is 6.03 Å². The first-order chi connectivity index (χ1) is 13.6. The lowest BCUT2D eigenvalue weighted by Crippen LogP contribution is -2.19. The summed E-state index contributed by atoms with van der Waals surface area (Å²) in [5, 5.41) is 14.0. The molecular weight excluding hydrogens is 376 g/mol. The third kappa shape index (κ3) is 3.63. The number of hydrogen-bond donors (Lipinski definition) is 3. The Hall–Kier alpha value is -3.51. The Morgan fingerprint density at radius 1 is 1.04 bits per heavy atom. The number of aromatic nitrogens is 2. The molecule has 140 valence electrons. The molecule has 0 fully saturated rings. The lowest BCUT2D eigenvalue weighted by atomic mass is 10.0. The molecule has 0 radical (unpaired) electrons. The Balaban J connectivity index is 1.59. The average molecular weight is 393 g/mol. The zero-order valence-corrected chi connectivity index (χ0v) is 15.7. The first kappa shape index (κ1) is 17.9. The van der Waals surface area contributed by atoms with Crippen LogP contribution in [0.5, 0.6) is 5.75 Å². The number of nitrogens with one attached hydrogen (secondary N) is 3. The Kier molecular flexibility index (Phi) is 4.87. The second kappa shape index (κ2) is 7.62. The van der Waals surface area contributed by atoms with Crippen LogP contribution < -0.4 is 15.4 Å². The van der Waals surface area contributed by atoms with Crippen LogP contribution in [0.1, 0.15) is 0 Å². The quantitative estimate of drug-likeness (QED) is 0.427. The highest BCUT2D eigenvalue weighted by Gasteiger charge is 2.13. The minimum absolute atomic E-state index is 0.394. The van der Waals surface area contributed by atoms with E-state index >= 15 is 0 Å². The van der Waals surface area contributed by atoms with Gasteiger partial charge in [-0.15, -0.1) is 0 Å². The van der Waals surface area contributed by atoms with Gasteiger partial charge in [0.15, 0.2) is 5.82 Å². The molecule has 0 bridgehead atoms. The van der Waals surface area contributed by atoms with E-state index in [1.807, 2.05) is 36.4 Å². The average Bonchev–Trinajstić information content (AvgIpc) is 3.10. The van der Waals surface area contributed by atoms with E-state index in [4.69, 9.17) is 16.3 Å². The van der Waals surface area contributed by atoms with Gasteiger partial charge < -0.3 is 10.1 Å². The molecule has 4 aromatic rings. The van der Waals surface area contributed by atoms with Crippen molar-refractivity contribution >= 4 is 40.0 Å². The Labute approximate surface area is 166 Å². The minimum Gasteiger partial charge on any atom is -0.497 e. The third-order valence-electron chi connectivity index (χ3n) is 4.32. The number of fused-ring (bicyclic) bond motifs is 1. The van der Waals surface area contributed by atoms with Gasteiger partial charge in [-0.2, -0.15) is 5.10 Å². The molecule has 0 aliphatic carbocycles. The lowest BCUT2D eigenvalue weighted by molar-refractivity contribution is 0.262. The highest BCUT2D eigenvalue weighted by atomic mass is 35.5. The number of H-pyrrole nitrogens is 1. The highest BCUT2D eigenvalue weighted by molar-refractivity contribution is 6.34. The van der Waals surface area contributed by atoms with Crippen molar-refractivity contribution in [3.63, 3.8) is 0 Å². The first-order valence-corrected chi connectivity index (χ1v) is 8.97. The number of aromatic amines is 1. The topological polar surface area (TPSA) is 79.0 Å². The third-order valence-corrected chi connectivity index (χ3v) is 4.63. The van der Waals surface area contributed by atoms with Crippen molar-refractivity contribution in [1.29, 1.82) is 0 Å². The molecule has 2 amide bonds. The van der Waals surface area contributed by atoms with Crippen LogP contribution in [0.15, 0.2) is 66.7 Å². The summed E-state index contributed by atoms with van der Waals surface area (Å²) < 4.78 is 5.11. The zero-order valence-electron chi connectivity index (χ0n) is 15.0. The van der Waals surface area contributed by atoms with E-state index in [2.05, 4.69) is 20.8 Å². The number of amides is 2. The molecular formula is C21H17ClN4O2. The van der Waals surface area contributed by atoms with Crippen LogP contribution in [-0.2, 0) is 0 Å². The molecule has 0 unspecified atom stereocenters. The van der Waals surface area contributed by atoms with Crippen LogP contribution in [0, 0.1) is 0 Å². The van der Waals surface area contributed by atoms with Gasteiger partial charge in [0, 0.05) is 16.6 Å². The van der Waals surface area contributed by atoms with Gasteiger partial charge in [0.25, 0.3) is 0 Å². The van der Waals surface area contributed by atoms with Crippen molar-refractivity contribution < 1.29 is 9.53 Å². The second-order valence-electron chi connectivity index (χ2n) is 6.12. The highest BCUT2D eigenvalue weighted by Crippen LogP contribution is 2.34. The number of ether oxygens (including phenoxy) is 1. The van der Waals surface area contributed by atoms with Gasteiger partial charge in [-0.25, -0.2) is 4.79 Å². The van der Waals surface area contributed by atoms with Gasteiger partial charge in [-0.05, 0) is 42.0 Å². The smallest absolute Gasteiger partial charge is 0.324 e. The standard InChI is InChI=1S/C21H17ClN4O2/c1-28-15-9-7-14(8-10-15)23-21(27)24-20-17-11-16(13-5-3-2-4-6-13)18(22)12-19(17)25-26-20/h2-12H,1H3,(H3,23,24,25,26,27). The number of anilines is 2. The lowest BCUT2D eigenvalue weighted by Gasteiger charge is -2.08. The molecule has 0 aliphatic rings. The summed E-state index contributed by atoms with van der Waals surface area (Å²) in [6.45, 7) is 0. The number of methoxy groups -OCH3 is 1. The summed E-state index contributed by atoms with van der Waals surface area (Å²) in [4.78, 5) is 12.4. The van der Waals surface area contributed by atoms with E-state index in [-0.39, 0.29) is 0 Å². The summed E-state index contributed by atoms with van der Waals surface area (Å²) in [7, 11) is 1.59. The largest absolute Gasteiger partial charge is 0.497 e. The van der Waals surface area contributed by atoms with Crippen molar-refractivity contribution in [2.24, 2.45) is 0 Å². The van der Waals surface area contributed by atoms with Crippen molar-refractivity contribution in [2.45, 2.75) is 0 Å². The first-order valence-electron chi connectivity index (χ1n) is 8.59. The second-order valence-corrected chi connectivity index (χ2v) is 6.53. The van der Waals surface area contributed by atoms with Gasteiger partial charge in [-0.3, -0.25) is 10.4 Å².